The Kier molecular flexibility index (Phi) is 5.80. The van der Waals surface area contributed by atoms with Crippen molar-refractivity contribution >= 4 is 29.0 Å². The monoisotopic (exact) mass is 434 g/mol. The molecule has 2 aromatic carbocycles. The number of hydrogen-bond donors (Lipinski definition) is 1. The molecule has 1 amide bonds. The SMILES string of the molecule is Cc1ccc(Sc2cc(NC(=O)c3ccn(Cn4cccn4)n3)cc([N+](=O)[O-])c2)cc1. The van der Waals surface area contributed by atoms with E-state index in [2.05, 4.69) is 15.5 Å². The van der Waals surface area contributed by atoms with Crippen molar-refractivity contribution in [2.24, 2.45) is 0 Å². The number of rotatable bonds is 7. The second kappa shape index (κ2) is 8.84. The van der Waals surface area contributed by atoms with E-state index in [-0.39, 0.29) is 11.4 Å². The first kappa shape index (κ1) is 20.4. The van der Waals surface area contributed by atoms with Crippen molar-refractivity contribution in [2.75, 3.05) is 5.32 Å². The molecule has 10 heteroatoms. The minimum Gasteiger partial charge on any atom is -0.320 e. The van der Waals surface area contributed by atoms with Crippen LogP contribution in [0.15, 0.2) is 83.0 Å². The maximum Gasteiger partial charge on any atom is 0.276 e. The van der Waals surface area contributed by atoms with Gasteiger partial charge in [-0.05, 0) is 37.3 Å². The molecule has 0 aliphatic rings. The smallest absolute Gasteiger partial charge is 0.276 e. The number of aromatic nitrogens is 4. The van der Waals surface area contributed by atoms with Crippen molar-refractivity contribution in [2.45, 2.75) is 23.4 Å². The number of anilines is 1. The first-order valence-corrected chi connectivity index (χ1v) is 10.1. The number of aryl methyl sites for hydroxylation is 1. The van der Waals surface area contributed by atoms with E-state index in [4.69, 9.17) is 0 Å². The predicted octanol–water partition coefficient (Wildman–Crippen LogP) is 4.21. The van der Waals surface area contributed by atoms with Gasteiger partial charge in [-0.25, -0.2) is 0 Å². The van der Waals surface area contributed by atoms with Crippen LogP contribution in [0.1, 0.15) is 16.1 Å². The molecule has 0 saturated carbocycles. The number of non-ortho nitro benzene ring substituents is 1. The van der Waals surface area contributed by atoms with Gasteiger partial charge in [-0.3, -0.25) is 24.3 Å². The molecule has 0 atom stereocenters. The lowest BCUT2D eigenvalue weighted by Gasteiger charge is -2.08. The molecule has 4 aromatic rings. The molecule has 31 heavy (non-hydrogen) atoms. The van der Waals surface area contributed by atoms with Crippen LogP contribution in [-0.2, 0) is 6.67 Å². The molecular formula is C21H18N6O3S. The summed E-state index contributed by atoms with van der Waals surface area (Å²) in [6.07, 6.45) is 5.12. The zero-order chi connectivity index (χ0) is 21.8. The molecule has 9 nitrogen and oxygen atoms in total. The zero-order valence-electron chi connectivity index (χ0n) is 16.5. The van der Waals surface area contributed by atoms with Crippen LogP contribution in [0.3, 0.4) is 0 Å². The van der Waals surface area contributed by atoms with Crippen LogP contribution in [0, 0.1) is 17.0 Å². The van der Waals surface area contributed by atoms with E-state index in [1.54, 1.807) is 46.2 Å². The number of nitrogens with zero attached hydrogens (tertiary/aromatic N) is 5. The standard InChI is InChI=1S/C21H18N6O3S/c1-15-3-5-18(6-4-15)31-19-12-16(11-17(13-19)27(29)30)23-21(28)20-7-10-26(24-20)14-25-9-2-8-22-25/h2-13H,14H2,1H3,(H,23,28). The third kappa shape index (κ3) is 5.17. The van der Waals surface area contributed by atoms with E-state index < -0.39 is 10.8 Å². The van der Waals surface area contributed by atoms with Gasteiger partial charge in [-0.15, -0.1) is 0 Å². The molecule has 0 bridgehead atoms. The van der Waals surface area contributed by atoms with Crippen molar-refractivity contribution < 1.29 is 9.72 Å². The van der Waals surface area contributed by atoms with Crippen LogP contribution < -0.4 is 5.32 Å². The number of carbonyl (C=O) groups excluding carboxylic acids is 1. The maximum atomic E-state index is 12.6. The van der Waals surface area contributed by atoms with Gasteiger partial charge in [0.05, 0.1) is 4.92 Å². The Balaban J connectivity index is 1.52. The molecule has 0 spiro atoms. The van der Waals surface area contributed by atoms with E-state index in [9.17, 15) is 14.9 Å². The minimum absolute atomic E-state index is 0.100. The fourth-order valence-corrected chi connectivity index (χ4v) is 3.76. The molecular weight excluding hydrogens is 416 g/mol. The lowest BCUT2D eigenvalue weighted by molar-refractivity contribution is -0.385. The Morgan fingerprint density at radius 3 is 2.61 bits per heavy atom. The molecule has 2 heterocycles. The number of benzene rings is 2. The van der Waals surface area contributed by atoms with Gasteiger partial charge in [-0.1, -0.05) is 29.5 Å². The lowest BCUT2D eigenvalue weighted by Crippen LogP contribution is -2.15. The van der Waals surface area contributed by atoms with Gasteiger partial charge in [0.15, 0.2) is 5.69 Å². The molecule has 1 N–H and O–H groups in total. The largest absolute Gasteiger partial charge is 0.320 e. The maximum absolute atomic E-state index is 12.6. The third-order valence-corrected chi connectivity index (χ3v) is 5.32. The summed E-state index contributed by atoms with van der Waals surface area (Å²) in [6.45, 7) is 2.36. The molecule has 156 valence electrons. The highest BCUT2D eigenvalue weighted by atomic mass is 32.2. The van der Waals surface area contributed by atoms with E-state index >= 15 is 0 Å². The van der Waals surface area contributed by atoms with Gasteiger partial charge in [0.25, 0.3) is 11.6 Å². The minimum atomic E-state index is -0.479. The molecule has 0 aliphatic carbocycles. The van der Waals surface area contributed by atoms with Crippen molar-refractivity contribution in [1.29, 1.82) is 0 Å². The average molecular weight is 434 g/mol. The Bertz CT molecular complexity index is 1220. The molecule has 0 aliphatic heterocycles. The number of amides is 1. The van der Waals surface area contributed by atoms with Crippen molar-refractivity contribution in [1.82, 2.24) is 19.6 Å². The summed E-state index contributed by atoms with van der Waals surface area (Å²) in [5.41, 5.74) is 1.56. The van der Waals surface area contributed by atoms with Crippen molar-refractivity contribution in [3.8, 4) is 0 Å². The highest BCUT2D eigenvalue weighted by Crippen LogP contribution is 2.33. The fraction of sp³-hybridized carbons (Fsp3) is 0.0952. The zero-order valence-corrected chi connectivity index (χ0v) is 17.3. The van der Waals surface area contributed by atoms with E-state index in [1.165, 1.54) is 23.9 Å². The number of nitro benzene ring substituents is 1. The van der Waals surface area contributed by atoms with Crippen LogP contribution in [0.25, 0.3) is 0 Å². The topological polar surface area (TPSA) is 108 Å². The quantitative estimate of drug-likeness (QED) is 0.345. The summed E-state index contributed by atoms with van der Waals surface area (Å²) >= 11 is 1.39. The van der Waals surface area contributed by atoms with Gasteiger partial charge in [0, 0.05) is 46.2 Å². The second-order valence-corrected chi connectivity index (χ2v) is 7.92. The molecule has 2 aromatic heterocycles. The molecule has 0 saturated heterocycles. The molecule has 0 unspecified atom stereocenters. The third-order valence-electron chi connectivity index (χ3n) is 4.34. The normalized spacial score (nSPS) is 10.7. The first-order valence-electron chi connectivity index (χ1n) is 9.32. The van der Waals surface area contributed by atoms with Crippen LogP contribution in [0.4, 0.5) is 11.4 Å². The van der Waals surface area contributed by atoms with Gasteiger partial charge >= 0.3 is 0 Å². The summed E-state index contributed by atoms with van der Waals surface area (Å²) in [7, 11) is 0. The summed E-state index contributed by atoms with van der Waals surface area (Å²) in [4.78, 5) is 25.1. The van der Waals surface area contributed by atoms with Crippen LogP contribution in [0.2, 0.25) is 0 Å². The Labute approximate surface area is 181 Å². The van der Waals surface area contributed by atoms with Gasteiger partial charge in [0.1, 0.15) is 6.67 Å². The highest BCUT2D eigenvalue weighted by molar-refractivity contribution is 7.99. The molecule has 0 fully saturated rings. The summed E-state index contributed by atoms with van der Waals surface area (Å²) in [5.74, 6) is -0.453. The van der Waals surface area contributed by atoms with Crippen LogP contribution in [0.5, 0.6) is 0 Å². The Morgan fingerprint density at radius 2 is 1.90 bits per heavy atom. The predicted molar refractivity (Wildman–Crippen MR) is 116 cm³/mol. The average Bonchev–Trinajstić information content (AvgIpc) is 3.42. The van der Waals surface area contributed by atoms with E-state index in [0.29, 0.717) is 17.3 Å². The molecule has 0 radical (unpaired) electrons. The van der Waals surface area contributed by atoms with Gasteiger partial charge in [0.2, 0.25) is 0 Å². The van der Waals surface area contributed by atoms with E-state index in [0.717, 1.165) is 10.5 Å². The highest BCUT2D eigenvalue weighted by Gasteiger charge is 2.15. The van der Waals surface area contributed by atoms with Crippen LogP contribution >= 0.6 is 11.8 Å². The Morgan fingerprint density at radius 1 is 1.10 bits per heavy atom. The lowest BCUT2D eigenvalue weighted by atomic mass is 10.2. The number of hydrogen-bond acceptors (Lipinski definition) is 6. The van der Waals surface area contributed by atoms with Gasteiger partial charge < -0.3 is 5.32 Å². The molecule has 4 rings (SSSR count). The number of nitrogens with one attached hydrogen (secondary N) is 1. The Hall–Kier alpha value is -3.92. The summed E-state index contributed by atoms with van der Waals surface area (Å²) in [6, 6.07) is 15.7. The van der Waals surface area contributed by atoms with Gasteiger partial charge in [-0.2, -0.15) is 10.2 Å². The number of carbonyl (C=O) groups is 1. The van der Waals surface area contributed by atoms with Crippen molar-refractivity contribution in [3.05, 3.63) is 94.6 Å². The second-order valence-electron chi connectivity index (χ2n) is 6.77. The van der Waals surface area contributed by atoms with E-state index in [1.807, 2.05) is 31.2 Å². The van der Waals surface area contributed by atoms with Crippen LogP contribution in [-0.4, -0.2) is 30.4 Å². The van der Waals surface area contributed by atoms with Crippen molar-refractivity contribution in [3.63, 3.8) is 0 Å². The first-order chi connectivity index (χ1) is 15.0. The summed E-state index contributed by atoms with van der Waals surface area (Å²) in [5, 5.41) is 22.4. The summed E-state index contributed by atoms with van der Waals surface area (Å²) < 4.78 is 3.25. The fourth-order valence-electron chi connectivity index (χ4n) is 2.85. The number of nitro groups is 1.